The van der Waals surface area contributed by atoms with E-state index >= 15 is 0 Å². The Kier molecular flexibility index (Phi) is 6.04. The minimum absolute atomic E-state index is 0.0135. The quantitative estimate of drug-likeness (QED) is 0.423. The van der Waals surface area contributed by atoms with Gasteiger partial charge in [-0.05, 0) is 32.9 Å². The number of imide groups is 1. The first-order valence-corrected chi connectivity index (χ1v) is 8.39. The average Bonchev–Trinajstić information content (AvgIpc) is 2.84. The van der Waals surface area contributed by atoms with E-state index in [-0.39, 0.29) is 18.9 Å². The fourth-order valence-electron chi connectivity index (χ4n) is 2.59. The molecule has 2 rings (SSSR count). The van der Waals surface area contributed by atoms with Crippen LogP contribution in [0.15, 0.2) is 23.3 Å². The van der Waals surface area contributed by atoms with Gasteiger partial charge < -0.3 is 14.8 Å². The lowest BCUT2D eigenvalue weighted by Gasteiger charge is -2.15. The monoisotopic (exact) mass is 376 g/mol. The van der Waals surface area contributed by atoms with Gasteiger partial charge in [0.1, 0.15) is 17.0 Å². The Balaban J connectivity index is 1.96. The van der Waals surface area contributed by atoms with Crippen LogP contribution < -0.4 is 20.2 Å². The zero-order valence-corrected chi connectivity index (χ0v) is 16.1. The van der Waals surface area contributed by atoms with Gasteiger partial charge in [0, 0.05) is 24.6 Å². The summed E-state index contributed by atoms with van der Waals surface area (Å²) in [4.78, 5) is 36.9. The maximum atomic E-state index is 12.1. The van der Waals surface area contributed by atoms with Crippen molar-refractivity contribution in [1.29, 1.82) is 0 Å². The van der Waals surface area contributed by atoms with E-state index in [2.05, 4.69) is 15.8 Å². The van der Waals surface area contributed by atoms with Crippen molar-refractivity contribution in [2.75, 3.05) is 20.8 Å². The van der Waals surface area contributed by atoms with Crippen LogP contribution in [0.4, 0.5) is 4.79 Å². The van der Waals surface area contributed by atoms with E-state index < -0.39 is 17.5 Å². The zero-order valence-electron chi connectivity index (χ0n) is 16.1. The van der Waals surface area contributed by atoms with Crippen LogP contribution in [0.25, 0.3) is 0 Å². The van der Waals surface area contributed by atoms with Gasteiger partial charge in [0.05, 0.1) is 19.9 Å². The maximum Gasteiger partial charge on any atom is 0.325 e. The smallest absolute Gasteiger partial charge is 0.325 e. The normalized spacial score (nSPS) is 16.2. The number of rotatable bonds is 7. The van der Waals surface area contributed by atoms with Gasteiger partial charge in [0.25, 0.3) is 5.91 Å². The third kappa shape index (κ3) is 4.55. The van der Waals surface area contributed by atoms with Crippen LogP contribution in [0.2, 0.25) is 0 Å². The van der Waals surface area contributed by atoms with Crippen molar-refractivity contribution in [3.8, 4) is 11.5 Å². The largest absolute Gasteiger partial charge is 0.497 e. The summed E-state index contributed by atoms with van der Waals surface area (Å²) in [6.07, 6.45) is -0.0498. The maximum absolute atomic E-state index is 12.1. The van der Waals surface area contributed by atoms with Crippen molar-refractivity contribution in [3.05, 3.63) is 23.8 Å². The number of benzene rings is 1. The lowest BCUT2D eigenvalue weighted by atomic mass is 10.1. The number of ether oxygens (including phenoxy) is 2. The minimum Gasteiger partial charge on any atom is -0.497 e. The van der Waals surface area contributed by atoms with Gasteiger partial charge in [-0.2, -0.15) is 5.10 Å². The van der Waals surface area contributed by atoms with Crippen molar-refractivity contribution < 1.29 is 23.9 Å². The highest BCUT2D eigenvalue weighted by Gasteiger charge is 2.43. The van der Waals surface area contributed by atoms with E-state index in [9.17, 15) is 14.4 Å². The van der Waals surface area contributed by atoms with E-state index in [1.807, 2.05) is 0 Å². The van der Waals surface area contributed by atoms with Gasteiger partial charge in [-0.1, -0.05) is 0 Å². The van der Waals surface area contributed by atoms with Crippen LogP contribution in [0.5, 0.6) is 11.5 Å². The molecule has 0 atom stereocenters. The molecule has 0 unspecified atom stereocenters. The highest BCUT2D eigenvalue weighted by molar-refractivity contribution is 6.06. The van der Waals surface area contributed by atoms with E-state index in [1.54, 1.807) is 46.1 Å². The highest BCUT2D eigenvalue weighted by atomic mass is 16.5. The Morgan fingerprint density at radius 1 is 1.26 bits per heavy atom. The Labute approximate surface area is 157 Å². The zero-order chi connectivity index (χ0) is 20.2. The van der Waals surface area contributed by atoms with Crippen LogP contribution in [0.1, 0.15) is 32.8 Å². The summed E-state index contributed by atoms with van der Waals surface area (Å²) in [5.74, 6) is 0.436. The van der Waals surface area contributed by atoms with E-state index in [1.165, 1.54) is 7.11 Å². The van der Waals surface area contributed by atoms with E-state index in [4.69, 9.17) is 9.47 Å². The number of nitrogens with one attached hydrogen (secondary N) is 2. The number of hydrazone groups is 1. The second-order valence-electron chi connectivity index (χ2n) is 6.56. The van der Waals surface area contributed by atoms with Crippen LogP contribution >= 0.6 is 0 Å². The summed E-state index contributed by atoms with van der Waals surface area (Å²) in [6.45, 7) is 4.94. The summed E-state index contributed by atoms with van der Waals surface area (Å²) in [7, 11) is 3.09. The molecule has 4 amide bonds. The second kappa shape index (κ2) is 8.07. The number of methoxy groups -OCH3 is 2. The van der Waals surface area contributed by atoms with Crippen LogP contribution in [-0.2, 0) is 9.59 Å². The number of carbonyl (C=O) groups is 3. The third-order valence-corrected chi connectivity index (χ3v) is 4.15. The summed E-state index contributed by atoms with van der Waals surface area (Å²) in [5, 5.41) is 6.63. The molecule has 0 aromatic heterocycles. The minimum atomic E-state index is -0.951. The first kappa shape index (κ1) is 20.2. The lowest BCUT2D eigenvalue weighted by molar-refractivity contribution is -0.130. The fraction of sp³-hybridized carbons (Fsp3) is 0.444. The summed E-state index contributed by atoms with van der Waals surface area (Å²) < 4.78 is 10.5. The highest BCUT2D eigenvalue weighted by Crippen LogP contribution is 2.25. The Morgan fingerprint density at radius 2 is 1.96 bits per heavy atom. The summed E-state index contributed by atoms with van der Waals surface area (Å²) in [6, 6.07) is 4.76. The molecule has 9 nitrogen and oxygen atoms in total. The van der Waals surface area contributed by atoms with Gasteiger partial charge in [-0.3, -0.25) is 14.5 Å². The van der Waals surface area contributed by atoms with Gasteiger partial charge in [0.15, 0.2) is 0 Å². The van der Waals surface area contributed by atoms with Gasteiger partial charge >= 0.3 is 6.03 Å². The first-order chi connectivity index (χ1) is 12.7. The molecule has 0 aliphatic carbocycles. The number of carbonyl (C=O) groups excluding carboxylic acids is 3. The van der Waals surface area contributed by atoms with Gasteiger partial charge in [0.2, 0.25) is 5.91 Å². The lowest BCUT2D eigenvalue weighted by Crippen LogP contribution is -2.40. The molecule has 2 N–H and O–H groups in total. The molecule has 0 saturated carbocycles. The number of hydrogen-bond acceptors (Lipinski definition) is 6. The van der Waals surface area contributed by atoms with Crippen molar-refractivity contribution in [2.24, 2.45) is 5.10 Å². The van der Waals surface area contributed by atoms with Crippen molar-refractivity contribution in [1.82, 2.24) is 15.6 Å². The standard InChI is InChI=1S/C18H24N4O5/c1-11(13-7-6-12(26-4)10-14(13)27-5)20-21-15(23)8-9-22-16(24)18(2,3)19-17(22)25/h6-7,10H,8-9H2,1-5H3,(H,19,25)(H,21,23)/b20-11-. The first-order valence-electron chi connectivity index (χ1n) is 8.39. The molecule has 1 fully saturated rings. The van der Waals surface area contributed by atoms with E-state index in [0.29, 0.717) is 22.8 Å². The second-order valence-corrected chi connectivity index (χ2v) is 6.56. The van der Waals surface area contributed by atoms with Crippen molar-refractivity contribution in [2.45, 2.75) is 32.7 Å². The van der Waals surface area contributed by atoms with Crippen molar-refractivity contribution in [3.63, 3.8) is 0 Å². The summed E-state index contributed by atoms with van der Waals surface area (Å²) >= 11 is 0. The molecule has 1 heterocycles. The molecule has 9 heteroatoms. The molecule has 1 saturated heterocycles. The third-order valence-electron chi connectivity index (χ3n) is 4.15. The Bertz CT molecular complexity index is 788. The van der Waals surface area contributed by atoms with Gasteiger partial charge in [-0.15, -0.1) is 0 Å². The Hall–Kier alpha value is -3.10. The van der Waals surface area contributed by atoms with E-state index in [0.717, 1.165) is 4.90 Å². The van der Waals surface area contributed by atoms with Crippen LogP contribution in [0.3, 0.4) is 0 Å². The SMILES string of the molecule is COc1ccc(/C(C)=N\NC(=O)CCN2C(=O)NC(C)(C)C2=O)c(OC)c1. The predicted octanol–water partition coefficient (Wildman–Crippen LogP) is 1.26. The van der Waals surface area contributed by atoms with Gasteiger partial charge in [-0.25, -0.2) is 10.2 Å². The molecule has 0 spiro atoms. The number of nitrogens with zero attached hydrogens (tertiary/aromatic N) is 2. The van der Waals surface area contributed by atoms with Crippen molar-refractivity contribution >= 4 is 23.6 Å². The average molecular weight is 376 g/mol. The fourth-order valence-corrected chi connectivity index (χ4v) is 2.59. The summed E-state index contributed by atoms with van der Waals surface area (Å²) in [5.41, 5.74) is 2.72. The Morgan fingerprint density at radius 3 is 2.52 bits per heavy atom. The molecule has 1 aliphatic heterocycles. The molecule has 27 heavy (non-hydrogen) atoms. The molecular formula is C18H24N4O5. The number of hydrogen-bond donors (Lipinski definition) is 2. The molecule has 0 radical (unpaired) electrons. The van der Waals surface area contributed by atoms with Crippen LogP contribution in [0, 0.1) is 0 Å². The predicted molar refractivity (Wildman–Crippen MR) is 98.8 cm³/mol. The molecule has 1 aromatic carbocycles. The molecule has 0 bridgehead atoms. The van der Waals surface area contributed by atoms with Crippen LogP contribution in [-0.4, -0.2) is 54.8 Å². The molecule has 1 aromatic rings. The molecule has 1 aliphatic rings. The molecular weight excluding hydrogens is 352 g/mol. The topological polar surface area (TPSA) is 109 Å². The molecule has 146 valence electrons. The number of amides is 4. The number of urea groups is 1.